The molecule has 166 valence electrons. The lowest BCUT2D eigenvalue weighted by Crippen LogP contribution is -2.26. The quantitative estimate of drug-likeness (QED) is 0.510. The molecule has 4 aromatic rings. The number of ether oxygens (including phenoxy) is 1. The normalized spacial score (nSPS) is 15.2. The van der Waals surface area contributed by atoms with E-state index in [1.165, 1.54) is 23.0 Å². The van der Waals surface area contributed by atoms with Gasteiger partial charge in [-0.15, -0.1) is 5.10 Å². The van der Waals surface area contributed by atoms with Gasteiger partial charge in [0.25, 0.3) is 5.95 Å². The first kappa shape index (κ1) is 20.7. The number of nitrogens with one attached hydrogen (secondary N) is 1. The van der Waals surface area contributed by atoms with Gasteiger partial charge in [0.1, 0.15) is 11.6 Å². The van der Waals surface area contributed by atoms with E-state index < -0.39 is 17.6 Å². The van der Waals surface area contributed by atoms with Crippen molar-refractivity contribution >= 4 is 11.7 Å². The van der Waals surface area contributed by atoms with Crippen molar-refractivity contribution in [2.24, 2.45) is 0 Å². The molecule has 0 saturated carbocycles. The summed E-state index contributed by atoms with van der Waals surface area (Å²) >= 11 is 0. The van der Waals surface area contributed by atoms with E-state index in [0.717, 1.165) is 11.6 Å². The van der Waals surface area contributed by atoms with Crippen LogP contribution in [0.2, 0.25) is 0 Å². The lowest BCUT2D eigenvalue weighted by molar-refractivity contribution is -0.116. The maximum absolute atomic E-state index is 14.6. The molecule has 0 fully saturated rings. The van der Waals surface area contributed by atoms with Gasteiger partial charge in [0.05, 0.1) is 24.7 Å². The van der Waals surface area contributed by atoms with Gasteiger partial charge in [-0.1, -0.05) is 24.3 Å². The summed E-state index contributed by atoms with van der Waals surface area (Å²) in [5, 5.41) is 15.4. The average Bonchev–Trinajstić information content (AvgIpc) is 3.16. The minimum absolute atomic E-state index is 0.0388. The predicted octanol–water partition coefficient (Wildman–Crippen LogP) is 3.79. The van der Waals surface area contributed by atoms with Crippen molar-refractivity contribution in [2.75, 3.05) is 12.4 Å². The second-order valence-corrected chi connectivity index (χ2v) is 7.58. The number of fused-ring (bicyclic) bond motifs is 1. The summed E-state index contributed by atoms with van der Waals surface area (Å²) in [4.78, 5) is 17.1. The van der Waals surface area contributed by atoms with Crippen LogP contribution in [0.5, 0.6) is 5.75 Å². The van der Waals surface area contributed by atoms with Crippen LogP contribution in [-0.4, -0.2) is 38.0 Å². The Kier molecular flexibility index (Phi) is 5.04. The Morgan fingerprint density at radius 3 is 2.82 bits per heavy atom. The number of amides is 1. The highest BCUT2D eigenvalue weighted by atomic mass is 19.2. The van der Waals surface area contributed by atoms with Crippen LogP contribution in [-0.2, 0) is 4.79 Å². The lowest BCUT2D eigenvalue weighted by Gasteiger charge is -2.24. The molecule has 0 saturated heterocycles. The Morgan fingerprint density at radius 1 is 1.18 bits per heavy atom. The zero-order valence-corrected chi connectivity index (χ0v) is 17.7. The number of hydrogen-bond acceptors (Lipinski definition) is 6. The molecule has 8 nitrogen and oxygen atoms in total. The Morgan fingerprint density at radius 2 is 2.00 bits per heavy atom. The van der Waals surface area contributed by atoms with Crippen LogP contribution in [0.1, 0.15) is 29.2 Å². The van der Waals surface area contributed by atoms with Crippen LogP contribution in [0.25, 0.3) is 17.2 Å². The van der Waals surface area contributed by atoms with E-state index >= 15 is 0 Å². The SMILES string of the molecule is COc1cccc(-c2cnnc(-n3nc(C)c4c3NC(=O)CC4c3cccc(F)c3F)n2)c1. The van der Waals surface area contributed by atoms with Crippen LogP contribution in [0.3, 0.4) is 0 Å². The number of anilines is 1. The average molecular weight is 448 g/mol. The first-order chi connectivity index (χ1) is 16.0. The number of benzene rings is 2. The number of rotatable bonds is 4. The molecule has 33 heavy (non-hydrogen) atoms. The molecule has 1 amide bonds. The maximum Gasteiger partial charge on any atom is 0.272 e. The molecule has 2 aromatic carbocycles. The van der Waals surface area contributed by atoms with Crippen molar-refractivity contribution < 1.29 is 18.3 Å². The number of carbonyl (C=O) groups excluding carboxylic acids is 1. The van der Waals surface area contributed by atoms with Gasteiger partial charge in [0.15, 0.2) is 11.6 Å². The highest BCUT2D eigenvalue weighted by Gasteiger charge is 2.35. The first-order valence-electron chi connectivity index (χ1n) is 10.1. The summed E-state index contributed by atoms with van der Waals surface area (Å²) in [5.41, 5.74) is 2.49. The number of aryl methyl sites for hydroxylation is 1. The molecule has 1 unspecified atom stereocenters. The van der Waals surface area contributed by atoms with E-state index in [1.54, 1.807) is 14.0 Å². The fraction of sp³-hybridized carbons (Fsp3) is 0.174. The summed E-state index contributed by atoms with van der Waals surface area (Å²) in [6.45, 7) is 1.73. The Bertz CT molecular complexity index is 1390. The topological polar surface area (TPSA) is 94.8 Å². The molecule has 0 radical (unpaired) electrons. The fourth-order valence-corrected chi connectivity index (χ4v) is 4.05. The van der Waals surface area contributed by atoms with Gasteiger partial charge in [-0.05, 0) is 30.7 Å². The largest absolute Gasteiger partial charge is 0.497 e. The number of methoxy groups -OCH3 is 1. The molecule has 1 aliphatic rings. The molecule has 2 aromatic heterocycles. The van der Waals surface area contributed by atoms with E-state index in [0.29, 0.717) is 28.5 Å². The van der Waals surface area contributed by atoms with E-state index in [4.69, 9.17) is 4.74 Å². The Labute approximate surface area is 187 Å². The zero-order valence-electron chi connectivity index (χ0n) is 17.7. The third kappa shape index (κ3) is 3.59. The molecule has 0 spiro atoms. The fourth-order valence-electron chi connectivity index (χ4n) is 4.05. The van der Waals surface area contributed by atoms with Crippen molar-refractivity contribution in [1.82, 2.24) is 25.0 Å². The van der Waals surface area contributed by atoms with Gasteiger partial charge in [-0.3, -0.25) is 4.79 Å². The van der Waals surface area contributed by atoms with E-state index in [1.807, 2.05) is 24.3 Å². The Balaban J connectivity index is 1.62. The molecule has 1 N–H and O–H groups in total. The summed E-state index contributed by atoms with van der Waals surface area (Å²) < 4.78 is 35.1. The summed E-state index contributed by atoms with van der Waals surface area (Å²) in [6, 6.07) is 11.2. The van der Waals surface area contributed by atoms with Gasteiger partial charge in [0.2, 0.25) is 5.91 Å². The van der Waals surface area contributed by atoms with E-state index in [2.05, 4.69) is 25.6 Å². The van der Waals surface area contributed by atoms with Gasteiger partial charge in [0, 0.05) is 23.5 Å². The number of halogens is 2. The van der Waals surface area contributed by atoms with Crippen molar-refractivity contribution in [3.8, 4) is 23.0 Å². The van der Waals surface area contributed by atoms with Gasteiger partial charge >= 0.3 is 0 Å². The third-order valence-electron chi connectivity index (χ3n) is 5.56. The first-order valence-corrected chi connectivity index (χ1v) is 10.1. The minimum Gasteiger partial charge on any atom is -0.497 e. The Hall–Kier alpha value is -4.21. The number of aromatic nitrogens is 5. The van der Waals surface area contributed by atoms with Crippen molar-refractivity contribution in [3.63, 3.8) is 0 Å². The number of nitrogens with zero attached hydrogens (tertiary/aromatic N) is 5. The van der Waals surface area contributed by atoms with Crippen LogP contribution >= 0.6 is 0 Å². The summed E-state index contributed by atoms with van der Waals surface area (Å²) in [7, 11) is 1.57. The van der Waals surface area contributed by atoms with Gasteiger partial charge < -0.3 is 10.1 Å². The summed E-state index contributed by atoms with van der Waals surface area (Å²) in [5.74, 6) is -1.91. The van der Waals surface area contributed by atoms with Crippen LogP contribution in [0.4, 0.5) is 14.6 Å². The molecule has 5 rings (SSSR count). The predicted molar refractivity (Wildman–Crippen MR) is 115 cm³/mol. The molecule has 3 heterocycles. The highest BCUT2D eigenvalue weighted by molar-refractivity contribution is 5.95. The number of hydrogen-bond donors (Lipinski definition) is 1. The second-order valence-electron chi connectivity index (χ2n) is 7.58. The standard InChI is InChI=1S/C23H18F2N6O2/c1-12-20-16(15-7-4-8-17(24)21(15)25)10-19(32)28-22(20)31(30-12)23-27-18(11-26-29-23)13-5-3-6-14(9-13)33-2/h3-9,11,16H,10H2,1-2H3,(H,28,32). The monoisotopic (exact) mass is 448 g/mol. The molecule has 10 heteroatoms. The molecular weight excluding hydrogens is 430 g/mol. The minimum atomic E-state index is -0.978. The van der Waals surface area contributed by atoms with E-state index in [-0.39, 0.29) is 23.8 Å². The van der Waals surface area contributed by atoms with Crippen LogP contribution < -0.4 is 10.1 Å². The van der Waals surface area contributed by atoms with Gasteiger partial charge in [-0.2, -0.15) is 14.9 Å². The van der Waals surface area contributed by atoms with Crippen molar-refractivity contribution in [3.05, 3.63) is 77.1 Å². The second kappa shape index (κ2) is 8.05. The molecular formula is C23H18F2N6O2. The maximum atomic E-state index is 14.6. The number of carbonyl (C=O) groups is 1. The van der Waals surface area contributed by atoms with Crippen LogP contribution in [0.15, 0.2) is 48.7 Å². The summed E-state index contributed by atoms with van der Waals surface area (Å²) in [6.07, 6.45) is 1.47. The molecule has 0 bridgehead atoms. The zero-order chi connectivity index (χ0) is 23.1. The lowest BCUT2D eigenvalue weighted by atomic mass is 9.85. The molecule has 1 aliphatic heterocycles. The van der Waals surface area contributed by atoms with Crippen LogP contribution in [0, 0.1) is 18.6 Å². The van der Waals surface area contributed by atoms with Gasteiger partial charge in [-0.25, -0.2) is 13.8 Å². The van der Waals surface area contributed by atoms with Crippen molar-refractivity contribution in [1.29, 1.82) is 0 Å². The highest BCUT2D eigenvalue weighted by Crippen LogP contribution is 2.41. The smallest absolute Gasteiger partial charge is 0.272 e. The van der Waals surface area contributed by atoms with E-state index in [9.17, 15) is 13.6 Å². The molecule has 0 aliphatic carbocycles. The molecule has 1 atom stereocenters. The van der Waals surface area contributed by atoms with Crippen molar-refractivity contribution in [2.45, 2.75) is 19.3 Å². The third-order valence-corrected chi connectivity index (χ3v) is 5.56.